The zero-order valence-corrected chi connectivity index (χ0v) is 10.8. The van der Waals surface area contributed by atoms with Gasteiger partial charge in [0.25, 0.3) is 0 Å². The third-order valence-corrected chi connectivity index (χ3v) is 3.85. The number of allylic oxidation sites excluding steroid dienone is 1. The topological polar surface area (TPSA) is 17.1 Å². The molecule has 1 nitrogen and oxygen atoms in total. The Balaban J connectivity index is 2.18. The average Bonchev–Trinajstić information content (AvgIpc) is 2.38. The first-order valence-corrected chi connectivity index (χ1v) is 6.52. The fraction of sp³-hybridized carbons (Fsp3) is 0.438. The molecule has 0 saturated heterocycles. The van der Waals surface area contributed by atoms with Gasteiger partial charge < -0.3 is 4.79 Å². The van der Waals surface area contributed by atoms with Gasteiger partial charge in [-0.3, -0.25) is 0 Å². The van der Waals surface area contributed by atoms with Crippen LogP contribution in [-0.2, 0) is 4.79 Å². The third kappa shape index (κ3) is 2.87. The summed E-state index contributed by atoms with van der Waals surface area (Å²) in [6.45, 7) is 5.76. The second-order valence-electron chi connectivity index (χ2n) is 5.30. The van der Waals surface area contributed by atoms with Crippen LogP contribution in [0.2, 0.25) is 0 Å². The Morgan fingerprint density at radius 3 is 2.50 bits per heavy atom. The largest absolute Gasteiger partial charge is 0.303 e. The van der Waals surface area contributed by atoms with Crippen LogP contribution in [0.15, 0.2) is 24.8 Å². The van der Waals surface area contributed by atoms with Crippen molar-refractivity contribution in [2.45, 2.75) is 38.5 Å². The molecule has 2 heteroatoms. The van der Waals surface area contributed by atoms with Crippen LogP contribution in [0.25, 0.3) is 5.57 Å². The van der Waals surface area contributed by atoms with Crippen LogP contribution >= 0.6 is 0 Å². The van der Waals surface area contributed by atoms with E-state index in [1.54, 1.807) is 6.07 Å². The molecule has 2 rings (SSSR count). The summed E-state index contributed by atoms with van der Waals surface area (Å²) in [7, 11) is 0. The predicted octanol–water partition coefficient (Wildman–Crippen LogP) is 4.33. The highest BCUT2D eigenvalue weighted by Gasteiger charge is 2.22. The first kappa shape index (κ1) is 13.0. The fourth-order valence-corrected chi connectivity index (χ4v) is 2.68. The van der Waals surface area contributed by atoms with Crippen LogP contribution in [0.3, 0.4) is 0 Å². The number of carbonyl (C=O) groups is 1. The van der Waals surface area contributed by atoms with E-state index in [2.05, 4.69) is 6.58 Å². The van der Waals surface area contributed by atoms with Crippen molar-refractivity contribution in [3.63, 3.8) is 0 Å². The molecular weight excluding hydrogens is 227 g/mol. The standard InChI is InChI=1S/C16H19FO/c1-11(2)14-7-15(9-16(17)8-14)13-5-3-12(10-18)4-6-13/h7-10,12-13H,1,3-6H2,2H3. The number of hydrogen-bond donors (Lipinski definition) is 0. The molecule has 0 unspecified atom stereocenters. The van der Waals surface area contributed by atoms with E-state index in [4.69, 9.17) is 0 Å². The maximum Gasteiger partial charge on any atom is 0.124 e. The maximum absolute atomic E-state index is 13.6. The van der Waals surface area contributed by atoms with Gasteiger partial charge in [-0.25, -0.2) is 4.39 Å². The van der Waals surface area contributed by atoms with Gasteiger partial charge in [0.2, 0.25) is 0 Å². The van der Waals surface area contributed by atoms with Gasteiger partial charge in [0.05, 0.1) is 0 Å². The zero-order valence-electron chi connectivity index (χ0n) is 10.8. The second-order valence-corrected chi connectivity index (χ2v) is 5.30. The molecule has 0 heterocycles. The van der Waals surface area contributed by atoms with Crippen LogP contribution in [0.5, 0.6) is 0 Å². The Labute approximate surface area is 108 Å². The van der Waals surface area contributed by atoms with Gasteiger partial charge in [-0.1, -0.05) is 18.2 Å². The Bertz CT molecular complexity index is 456. The first-order valence-electron chi connectivity index (χ1n) is 6.52. The van der Waals surface area contributed by atoms with Crippen molar-refractivity contribution in [1.29, 1.82) is 0 Å². The van der Waals surface area contributed by atoms with Gasteiger partial charge in [0.15, 0.2) is 0 Å². The van der Waals surface area contributed by atoms with Crippen LogP contribution < -0.4 is 0 Å². The van der Waals surface area contributed by atoms with Crippen molar-refractivity contribution >= 4 is 11.9 Å². The predicted molar refractivity (Wildman–Crippen MR) is 71.9 cm³/mol. The first-order chi connectivity index (χ1) is 8.60. The minimum absolute atomic E-state index is 0.192. The van der Waals surface area contributed by atoms with Crippen molar-refractivity contribution in [3.05, 3.63) is 41.7 Å². The second kappa shape index (κ2) is 5.47. The molecule has 0 amide bonds. The zero-order chi connectivity index (χ0) is 13.1. The molecule has 0 aliphatic heterocycles. The van der Waals surface area contributed by atoms with Gasteiger partial charge >= 0.3 is 0 Å². The lowest BCUT2D eigenvalue weighted by molar-refractivity contribution is -0.111. The highest BCUT2D eigenvalue weighted by molar-refractivity contribution is 5.62. The smallest absolute Gasteiger partial charge is 0.124 e. The molecule has 0 aromatic heterocycles. The summed E-state index contributed by atoms with van der Waals surface area (Å²) in [5.41, 5.74) is 2.82. The van der Waals surface area contributed by atoms with Crippen molar-refractivity contribution in [2.75, 3.05) is 0 Å². The van der Waals surface area contributed by atoms with Crippen LogP contribution in [-0.4, -0.2) is 6.29 Å². The van der Waals surface area contributed by atoms with Crippen molar-refractivity contribution in [2.24, 2.45) is 5.92 Å². The Kier molecular flexibility index (Phi) is 3.95. The summed E-state index contributed by atoms with van der Waals surface area (Å²) in [5.74, 6) is 0.397. The minimum atomic E-state index is -0.192. The minimum Gasteiger partial charge on any atom is -0.303 e. The lowest BCUT2D eigenvalue weighted by Crippen LogP contribution is -2.14. The Morgan fingerprint density at radius 2 is 1.94 bits per heavy atom. The molecule has 1 aromatic rings. The molecule has 0 bridgehead atoms. The quantitative estimate of drug-likeness (QED) is 0.725. The van der Waals surface area contributed by atoms with Crippen LogP contribution in [0, 0.1) is 11.7 Å². The van der Waals surface area contributed by atoms with E-state index in [1.807, 2.05) is 13.0 Å². The van der Waals surface area contributed by atoms with Gasteiger partial charge in [-0.05, 0) is 61.8 Å². The van der Waals surface area contributed by atoms with Crippen molar-refractivity contribution in [3.8, 4) is 0 Å². The van der Waals surface area contributed by atoms with Crippen LogP contribution in [0.4, 0.5) is 4.39 Å². The molecule has 96 valence electrons. The van der Waals surface area contributed by atoms with E-state index < -0.39 is 0 Å². The molecule has 1 aromatic carbocycles. The molecule has 1 fully saturated rings. The monoisotopic (exact) mass is 246 g/mol. The van der Waals surface area contributed by atoms with E-state index >= 15 is 0 Å². The van der Waals surface area contributed by atoms with E-state index in [0.29, 0.717) is 5.92 Å². The summed E-state index contributed by atoms with van der Waals surface area (Å²) >= 11 is 0. The number of hydrogen-bond acceptors (Lipinski definition) is 1. The Morgan fingerprint density at radius 1 is 1.28 bits per heavy atom. The molecular formula is C16H19FO. The SMILES string of the molecule is C=C(C)c1cc(F)cc(C2CCC(C=O)CC2)c1. The fourth-order valence-electron chi connectivity index (χ4n) is 2.68. The van der Waals surface area contributed by atoms with Crippen molar-refractivity contribution in [1.82, 2.24) is 0 Å². The molecule has 0 atom stereocenters. The molecule has 1 aliphatic rings. The number of halogens is 1. The van der Waals surface area contributed by atoms with E-state index in [1.165, 1.54) is 6.07 Å². The highest BCUT2D eigenvalue weighted by Crippen LogP contribution is 2.36. The lowest BCUT2D eigenvalue weighted by atomic mass is 9.79. The van der Waals surface area contributed by atoms with Gasteiger partial charge in [0.1, 0.15) is 12.1 Å². The summed E-state index contributed by atoms with van der Waals surface area (Å²) < 4.78 is 13.6. The number of aldehydes is 1. The van der Waals surface area contributed by atoms with Gasteiger partial charge in [0, 0.05) is 5.92 Å². The summed E-state index contributed by atoms with van der Waals surface area (Å²) in [5, 5.41) is 0. The summed E-state index contributed by atoms with van der Waals surface area (Å²) in [6.07, 6.45) is 4.85. The van der Waals surface area contributed by atoms with Crippen LogP contribution in [0.1, 0.15) is 49.7 Å². The normalized spacial score (nSPS) is 23.7. The summed E-state index contributed by atoms with van der Waals surface area (Å²) in [4.78, 5) is 10.7. The summed E-state index contributed by atoms with van der Waals surface area (Å²) in [6, 6.07) is 5.19. The molecule has 1 aliphatic carbocycles. The Hall–Kier alpha value is -1.44. The number of rotatable bonds is 3. The average molecular weight is 246 g/mol. The maximum atomic E-state index is 13.6. The number of benzene rings is 1. The lowest BCUT2D eigenvalue weighted by Gasteiger charge is -2.26. The molecule has 0 spiro atoms. The molecule has 0 radical (unpaired) electrons. The molecule has 18 heavy (non-hydrogen) atoms. The number of carbonyl (C=O) groups excluding carboxylic acids is 1. The van der Waals surface area contributed by atoms with Gasteiger partial charge in [-0.15, -0.1) is 0 Å². The van der Waals surface area contributed by atoms with E-state index in [0.717, 1.165) is 48.7 Å². The molecule has 0 N–H and O–H groups in total. The van der Waals surface area contributed by atoms with Gasteiger partial charge in [-0.2, -0.15) is 0 Å². The van der Waals surface area contributed by atoms with Crippen molar-refractivity contribution < 1.29 is 9.18 Å². The molecule has 1 saturated carbocycles. The van der Waals surface area contributed by atoms with E-state index in [9.17, 15) is 9.18 Å². The third-order valence-electron chi connectivity index (χ3n) is 3.85. The van der Waals surface area contributed by atoms with E-state index in [-0.39, 0.29) is 11.7 Å². The highest BCUT2D eigenvalue weighted by atomic mass is 19.1.